The van der Waals surface area contributed by atoms with Crippen LogP contribution in [0.2, 0.25) is 0 Å². The van der Waals surface area contributed by atoms with E-state index in [9.17, 15) is 13.2 Å². The molecule has 0 aliphatic carbocycles. The Bertz CT molecular complexity index is 553. The number of rotatable bonds is 2. The summed E-state index contributed by atoms with van der Waals surface area (Å²) in [4.78, 5) is 3.96. The molecule has 2 rings (SSSR count). The fraction of sp³-hybridized carbons (Fsp3) is 0.222. The summed E-state index contributed by atoms with van der Waals surface area (Å²) in [6.45, 7) is 0. The van der Waals surface area contributed by atoms with Crippen molar-refractivity contribution in [2.75, 3.05) is 12.8 Å². The maximum absolute atomic E-state index is 12.1. The Morgan fingerprint density at radius 3 is 2.65 bits per heavy atom. The molecule has 92 valence electrons. The number of fused-ring (bicyclic) bond motifs is 1. The number of benzene rings is 1. The van der Waals surface area contributed by atoms with Gasteiger partial charge >= 0.3 is 6.36 Å². The predicted octanol–water partition coefficient (Wildman–Crippen LogP) is 2.79. The minimum atomic E-state index is -4.74. The first kappa shape index (κ1) is 11.8. The highest BCUT2D eigenvalue weighted by Gasteiger charge is 2.31. The number of nitrogen functional groups attached to an aromatic ring is 1. The second kappa shape index (κ2) is 3.95. The largest absolute Gasteiger partial charge is 0.573 e. The molecule has 1 aromatic heterocycles. The Kier molecular flexibility index (Phi) is 2.74. The van der Waals surface area contributed by atoms with Gasteiger partial charge in [-0.3, -0.25) is 0 Å². The van der Waals surface area contributed by atoms with E-state index in [0.29, 0.717) is 10.2 Å². The van der Waals surface area contributed by atoms with Gasteiger partial charge in [-0.2, -0.15) is 0 Å². The number of alkyl halides is 3. The Morgan fingerprint density at radius 1 is 1.35 bits per heavy atom. The first-order valence-corrected chi connectivity index (χ1v) is 5.20. The second-order valence-electron chi connectivity index (χ2n) is 3.07. The van der Waals surface area contributed by atoms with E-state index in [4.69, 9.17) is 10.5 Å². The van der Waals surface area contributed by atoms with Gasteiger partial charge in [0.1, 0.15) is 17.0 Å². The van der Waals surface area contributed by atoms with Gasteiger partial charge in [0.25, 0.3) is 0 Å². The molecule has 17 heavy (non-hydrogen) atoms. The molecule has 0 aliphatic rings. The molecule has 0 fully saturated rings. The van der Waals surface area contributed by atoms with Gasteiger partial charge in [0.15, 0.2) is 5.13 Å². The molecule has 0 aliphatic heterocycles. The highest BCUT2D eigenvalue weighted by Crippen LogP contribution is 2.36. The minimum absolute atomic E-state index is 0.190. The molecule has 0 bridgehead atoms. The van der Waals surface area contributed by atoms with Crippen molar-refractivity contribution in [2.45, 2.75) is 6.36 Å². The van der Waals surface area contributed by atoms with Crippen molar-refractivity contribution in [3.05, 3.63) is 12.1 Å². The van der Waals surface area contributed by atoms with Crippen LogP contribution in [-0.2, 0) is 0 Å². The van der Waals surface area contributed by atoms with Crippen molar-refractivity contribution >= 4 is 26.7 Å². The van der Waals surface area contributed by atoms with Crippen molar-refractivity contribution < 1.29 is 22.6 Å². The van der Waals surface area contributed by atoms with E-state index in [-0.39, 0.29) is 16.6 Å². The summed E-state index contributed by atoms with van der Waals surface area (Å²) >= 11 is 1.06. The SMILES string of the molecule is COc1cc(OC(F)(F)F)cc2sc(N)nc12. The monoisotopic (exact) mass is 264 g/mol. The quantitative estimate of drug-likeness (QED) is 0.906. The third-order valence-corrected chi connectivity index (χ3v) is 2.74. The fourth-order valence-electron chi connectivity index (χ4n) is 1.34. The van der Waals surface area contributed by atoms with Crippen LogP contribution in [-0.4, -0.2) is 18.5 Å². The van der Waals surface area contributed by atoms with E-state index in [1.165, 1.54) is 13.2 Å². The van der Waals surface area contributed by atoms with Crippen LogP contribution in [0.15, 0.2) is 12.1 Å². The number of nitrogens with two attached hydrogens (primary N) is 1. The summed E-state index contributed by atoms with van der Waals surface area (Å²) < 4.78 is 45.5. The van der Waals surface area contributed by atoms with E-state index >= 15 is 0 Å². The Hall–Kier alpha value is -1.70. The number of hydrogen-bond donors (Lipinski definition) is 1. The highest BCUT2D eigenvalue weighted by atomic mass is 32.1. The average molecular weight is 264 g/mol. The summed E-state index contributed by atoms with van der Waals surface area (Å²) in [5.41, 5.74) is 5.90. The summed E-state index contributed by atoms with van der Waals surface area (Å²) in [6.07, 6.45) is -4.74. The van der Waals surface area contributed by atoms with E-state index in [1.54, 1.807) is 0 Å². The lowest BCUT2D eigenvalue weighted by Gasteiger charge is -2.10. The van der Waals surface area contributed by atoms with E-state index in [0.717, 1.165) is 17.4 Å². The van der Waals surface area contributed by atoms with Crippen LogP contribution in [0.1, 0.15) is 0 Å². The normalized spacial score (nSPS) is 11.8. The number of halogens is 3. The Labute approximate surface area is 97.8 Å². The first-order valence-electron chi connectivity index (χ1n) is 4.39. The van der Waals surface area contributed by atoms with Crippen molar-refractivity contribution in [1.82, 2.24) is 4.98 Å². The van der Waals surface area contributed by atoms with Crippen LogP contribution in [0.25, 0.3) is 10.2 Å². The van der Waals surface area contributed by atoms with Crippen LogP contribution < -0.4 is 15.2 Å². The molecule has 2 N–H and O–H groups in total. The molecule has 0 atom stereocenters. The van der Waals surface area contributed by atoms with Gasteiger partial charge in [-0.15, -0.1) is 13.2 Å². The summed E-state index contributed by atoms with van der Waals surface area (Å²) in [6, 6.07) is 2.34. The van der Waals surface area contributed by atoms with Crippen molar-refractivity contribution in [1.29, 1.82) is 0 Å². The van der Waals surface area contributed by atoms with Crippen LogP contribution in [0.5, 0.6) is 11.5 Å². The van der Waals surface area contributed by atoms with E-state index in [1.807, 2.05) is 0 Å². The van der Waals surface area contributed by atoms with Crippen LogP contribution in [0.4, 0.5) is 18.3 Å². The van der Waals surface area contributed by atoms with Gasteiger partial charge in [0, 0.05) is 12.1 Å². The van der Waals surface area contributed by atoms with Gasteiger partial charge in [-0.25, -0.2) is 4.98 Å². The standard InChI is InChI=1S/C9H7F3N2O2S/c1-15-5-2-4(16-9(10,11)12)3-6-7(5)14-8(13)17-6/h2-3H,1H3,(H2,13,14). The van der Waals surface area contributed by atoms with Gasteiger partial charge in [-0.1, -0.05) is 11.3 Å². The molecule has 2 aromatic rings. The zero-order chi connectivity index (χ0) is 12.6. The summed E-state index contributed by atoms with van der Waals surface area (Å²) in [5.74, 6) is -0.166. The molecule has 0 amide bonds. The topological polar surface area (TPSA) is 57.4 Å². The van der Waals surface area contributed by atoms with Crippen LogP contribution in [0, 0.1) is 0 Å². The summed E-state index contributed by atoms with van der Waals surface area (Å²) in [5, 5.41) is 0.252. The number of aromatic nitrogens is 1. The molecule has 1 heterocycles. The zero-order valence-corrected chi connectivity index (χ0v) is 9.35. The summed E-state index contributed by atoms with van der Waals surface area (Å²) in [7, 11) is 1.33. The van der Waals surface area contributed by atoms with E-state index in [2.05, 4.69) is 9.72 Å². The third kappa shape index (κ3) is 2.52. The van der Waals surface area contributed by atoms with Crippen molar-refractivity contribution in [2.24, 2.45) is 0 Å². The molecule has 0 saturated carbocycles. The van der Waals surface area contributed by atoms with Gasteiger partial charge < -0.3 is 15.2 Å². The second-order valence-corrected chi connectivity index (χ2v) is 4.13. The Balaban J connectivity index is 2.52. The molecular formula is C9H7F3N2O2S. The molecule has 0 spiro atoms. The number of anilines is 1. The number of thiazole rings is 1. The minimum Gasteiger partial charge on any atom is -0.494 e. The van der Waals surface area contributed by atoms with Crippen LogP contribution in [0.3, 0.4) is 0 Å². The number of hydrogen-bond acceptors (Lipinski definition) is 5. The third-order valence-electron chi connectivity index (χ3n) is 1.90. The number of methoxy groups -OCH3 is 1. The molecule has 8 heteroatoms. The number of ether oxygens (including phenoxy) is 2. The lowest BCUT2D eigenvalue weighted by Crippen LogP contribution is -2.17. The first-order chi connectivity index (χ1) is 7.89. The molecule has 4 nitrogen and oxygen atoms in total. The maximum atomic E-state index is 12.1. The van der Waals surface area contributed by atoms with Crippen molar-refractivity contribution in [3.8, 4) is 11.5 Å². The molecular weight excluding hydrogens is 257 g/mol. The lowest BCUT2D eigenvalue weighted by atomic mass is 10.3. The van der Waals surface area contributed by atoms with E-state index < -0.39 is 6.36 Å². The number of nitrogens with zero attached hydrogens (tertiary/aromatic N) is 1. The molecule has 0 radical (unpaired) electrons. The van der Waals surface area contributed by atoms with Gasteiger partial charge in [0.2, 0.25) is 0 Å². The van der Waals surface area contributed by atoms with Crippen LogP contribution >= 0.6 is 11.3 Å². The average Bonchev–Trinajstić information content (AvgIpc) is 2.54. The molecule has 0 unspecified atom stereocenters. The molecule has 0 saturated heterocycles. The maximum Gasteiger partial charge on any atom is 0.573 e. The lowest BCUT2D eigenvalue weighted by molar-refractivity contribution is -0.274. The fourth-order valence-corrected chi connectivity index (χ4v) is 2.12. The highest BCUT2D eigenvalue weighted by molar-refractivity contribution is 7.22. The Morgan fingerprint density at radius 2 is 2.06 bits per heavy atom. The van der Waals surface area contributed by atoms with Crippen molar-refractivity contribution in [3.63, 3.8) is 0 Å². The smallest absolute Gasteiger partial charge is 0.494 e. The van der Waals surface area contributed by atoms with Gasteiger partial charge in [-0.05, 0) is 0 Å². The zero-order valence-electron chi connectivity index (χ0n) is 8.54. The van der Waals surface area contributed by atoms with Gasteiger partial charge in [0.05, 0.1) is 11.8 Å². The molecule has 1 aromatic carbocycles. The predicted molar refractivity (Wildman–Crippen MR) is 57.3 cm³/mol.